The Bertz CT molecular complexity index is 1290. The van der Waals surface area contributed by atoms with Gasteiger partial charge in [0, 0.05) is 35.2 Å². The molecular weight excluding hydrogens is 468 g/mol. The SMILES string of the molecule is N#C/N=C(/Nc1ccc(Cl)cc1)N1CC=CC(N2c3ccc(F)cc3CCc3cc(F)ccc32)C1. The van der Waals surface area contributed by atoms with Crippen LogP contribution in [0.15, 0.2) is 77.8 Å². The smallest absolute Gasteiger partial charge is 0.214 e. The Morgan fingerprint density at radius 3 is 2.20 bits per heavy atom. The topological polar surface area (TPSA) is 54.7 Å². The quantitative estimate of drug-likeness (QED) is 0.206. The summed E-state index contributed by atoms with van der Waals surface area (Å²) in [5.41, 5.74) is 4.27. The highest BCUT2D eigenvalue weighted by Gasteiger charge is 2.30. The van der Waals surface area contributed by atoms with Gasteiger partial charge in [-0.2, -0.15) is 5.26 Å². The molecule has 1 unspecified atom stereocenters. The highest BCUT2D eigenvalue weighted by atomic mass is 35.5. The van der Waals surface area contributed by atoms with Gasteiger partial charge < -0.3 is 15.1 Å². The molecule has 0 amide bonds. The molecule has 0 radical (unpaired) electrons. The highest BCUT2D eigenvalue weighted by molar-refractivity contribution is 6.30. The molecule has 2 aliphatic heterocycles. The fourth-order valence-corrected chi connectivity index (χ4v) is 4.80. The zero-order valence-corrected chi connectivity index (χ0v) is 19.5. The molecule has 2 aliphatic rings. The molecule has 0 spiro atoms. The van der Waals surface area contributed by atoms with E-state index in [1.807, 2.05) is 29.3 Å². The van der Waals surface area contributed by atoms with Crippen LogP contribution < -0.4 is 10.2 Å². The number of nitriles is 1. The first-order valence-corrected chi connectivity index (χ1v) is 11.7. The first kappa shape index (κ1) is 22.9. The number of rotatable bonds is 2. The number of aryl methyl sites for hydroxylation is 2. The third kappa shape index (κ3) is 4.84. The lowest BCUT2D eigenvalue weighted by molar-refractivity contribution is 0.422. The Kier molecular flexibility index (Phi) is 6.39. The molecular formula is C27H22ClF2N5. The maximum absolute atomic E-state index is 14.1. The molecule has 0 fully saturated rings. The summed E-state index contributed by atoms with van der Waals surface area (Å²) in [5.74, 6) is -0.174. The van der Waals surface area contributed by atoms with Crippen LogP contribution in [-0.2, 0) is 12.8 Å². The molecule has 0 aliphatic carbocycles. The fraction of sp³-hybridized carbons (Fsp3) is 0.185. The maximum Gasteiger partial charge on any atom is 0.214 e. The number of hydrogen-bond donors (Lipinski definition) is 1. The number of anilines is 3. The van der Waals surface area contributed by atoms with Gasteiger partial charge in [-0.3, -0.25) is 0 Å². The van der Waals surface area contributed by atoms with Crippen LogP contribution in [0.3, 0.4) is 0 Å². The molecule has 0 aromatic heterocycles. The summed E-state index contributed by atoms with van der Waals surface area (Å²) in [5, 5.41) is 13.2. The second-order valence-electron chi connectivity index (χ2n) is 8.48. The molecule has 0 saturated carbocycles. The minimum absolute atomic E-state index is 0.161. The summed E-state index contributed by atoms with van der Waals surface area (Å²) in [7, 11) is 0. The highest BCUT2D eigenvalue weighted by Crippen LogP contribution is 2.39. The molecule has 2 heterocycles. The van der Waals surface area contributed by atoms with Gasteiger partial charge in [-0.25, -0.2) is 8.78 Å². The van der Waals surface area contributed by atoms with Crippen molar-refractivity contribution < 1.29 is 8.78 Å². The van der Waals surface area contributed by atoms with Crippen LogP contribution in [0.4, 0.5) is 25.8 Å². The fourth-order valence-electron chi connectivity index (χ4n) is 4.67. The monoisotopic (exact) mass is 489 g/mol. The Hall–Kier alpha value is -3.89. The average molecular weight is 490 g/mol. The third-order valence-corrected chi connectivity index (χ3v) is 6.50. The second kappa shape index (κ2) is 9.77. The van der Waals surface area contributed by atoms with Gasteiger partial charge in [-0.05, 0) is 84.6 Å². The number of aliphatic imine (C=N–C) groups is 1. The van der Waals surface area contributed by atoms with Crippen LogP contribution in [-0.4, -0.2) is 30.0 Å². The molecule has 3 aromatic rings. The standard InChI is InChI=1S/C27H22ClF2N5/c28-20-5-9-23(10-6-20)33-27(32-17-31)34-13-1-2-24(16-34)35-25-11-7-21(29)14-18(25)3-4-19-15-22(30)8-12-26(19)35/h1-2,5-12,14-15,24H,3-4,13,16H2,(H,32,33). The van der Waals surface area contributed by atoms with E-state index in [4.69, 9.17) is 11.6 Å². The van der Waals surface area contributed by atoms with Crippen molar-refractivity contribution in [2.24, 2.45) is 4.99 Å². The predicted octanol–water partition coefficient (Wildman–Crippen LogP) is 6.04. The van der Waals surface area contributed by atoms with Gasteiger partial charge in [-0.1, -0.05) is 23.8 Å². The molecule has 5 rings (SSSR count). The normalized spacial score (nSPS) is 17.3. The number of benzene rings is 3. The van der Waals surface area contributed by atoms with E-state index in [0.29, 0.717) is 36.9 Å². The molecule has 8 heteroatoms. The van der Waals surface area contributed by atoms with Crippen LogP contribution >= 0.6 is 11.6 Å². The lowest BCUT2D eigenvalue weighted by Crippen LogP contribution is -2.48. The van der Waals surface area contributed by atoms with Gasteiger partial charge in [-0.15, -0.1) is 4.99 Å². The Balaban J connectivity index is 1.50. The maximum atomic E-state index is 14.1. The lowest BCUT2D eigenvalue weighted by Gasteiger charge is -2.39. The van der Waals surface area contributed by atoms with Crippen LogP contribution in [0.1, 0.15) is 11.1 Å². The van der Waals surface area contributed by atoms with Crippen molar-refractivity contribution in [1.29, 1.82) is 5.26 Å². The Morgan fingerprint density at radius 2 is 1.60 bits per heavy atom. The van der Waals surface area contributed by atoms with Gasteiger partial charge in [0.15, 0.2) is 0 Å². The van der Waals surface area contributed by atoms with Gasteiger partial charge in [0.2, 0.25) is 12.2 Å². The zero-order chi connectivity index (χ0) is 24.4. The summed E-state index contributed by atoms with van der Waals surface area (Å²) >= 11 is 6.00. The van der Waals surface area contributed by atoms with Gasteiger partial charge >= 0.3 is 0 Å². The van der Waals surface area contributed by atoms with Crippen molar-refractivity contribution in [2.75, 3.05) is 23.3 Å². The van der Waals surface area contributed by atoms with E-state index in [9.17, 15) is 14.0 Å². The van der Waals surface area contributed by atoms with Gasteiger partial charge in [0.05, 0.1) is 6.04 Å². The number of halogens is 3. The van der Waals surface area contributed by atoms with Crippen LogP contribution in [0, 0.1) is 23.1 Å². The number of hydrogen-bond acceptors (Lipinski definition) is 3. The van der Waals surface area contributed by atoms with Gasteiger partial charge in [0.1, 0.15) is 11.6 Å². The van der Waals surface area contributed by atoms with Crippen LogP contribution in [0.5, 0.6) is 0 Å². The number of nitrogens with zero attached hydrogens (tertiary/aromatic N) is 4. The van der Waals surface area contributed by atoms with E-state index in [2.05, 4.69) is 21.3 Å². The first-order valence-electron chi connectivity index (χ1n) is 11.3. The summed E-state index contributed by atoms with van der Waals surface area (Å²) in [6, 6.07) is 16.6. The van der Waals surface area contributed by atoms with E-state index in [1.54, 1.807) is 36.4 Å². The van der Waals surface area contributed by atoms with E-state index >= 15 is 0 Å². The van der Waals surface area contributed by atoms with Crippen LogP contribution in [0.25, 0.3) is 0 Å². The minimum atomic E-state index is -0.294. The van der Waals surface area contributed by atoms with E-state index in [0.717, 1.165) is 28.2 Å². The van der Waals surface area contributed by atoms with E-state index in [1.165, 1.54) is 12.1 Å². The molecule has 0 bridgehead atoms. The van der Waals surface area contributed by atoms with Gasteiger partial charge in [0.25, 0.3) is 0 Å². The van der Waals surface area contributed by atoms with Crippen LogP contribution in [0.2, 0.25) is 5.02 Å². The van der Waals surface area contributed by atoms with Crippen molar-refractivity contribution in [1.82, 2.24) is 4.90 Å². The van der Waals surface area contributed by atoms with E-state index in [-0.39, 0.29) is 17.7 Å². The zero-order valence-electron chi connectivity index (χ0n) is 18.8. The summed E-state index contributed by atoms with van der Waals surface area (Å²) < 4.78 is 28.2. The van der Waals surface area contributed by atoms with Crippen molar-refractivity contribution in [3.05, 3.63) is 101 Å². The number of nitrogens with one attached hydrogen (secondary N) is 1. The first-order chi connectivity index (χ1) is 17.0. The van der Waals surface area contributed by atoms with Crippen molar-refractivity contribution in [3.63, 3.8) is 0 Å². The summed E-state index contributed by atoms with van der Waals surface area (Å²) in [6.45, 7) is 1.06. The Morgan fingerprint density at radius 1 is 0.971 bits per heavy atom. The summed E-state index contributed by atoms with van der Waals surface area (Å²) in [4.78, 5) is 8.13. The molecule has 176 valence electrons. The molecule has 3 aromatic carbocycles. The minimum Gasteiger partial charge on any atom is -0.336 e. The van der Waals surface area contributed by atoms with Crippen molar-refractivity contribution in [2.45, 2.75) is 18.9 Å². The third-order valence-electron chi connectivity index (χ3n) is 6.24. The molecule has 1 atom stereocenters. The predicted molar refractivity (Wildman–Crippen MR) is 135 cm³/mol. The van der Waals surface area contributed by atoms with Crippen molar-refractivity contribution >= 4 is 34.6 Å². The second-order valence-corrected chi connectivity index (χ2v) is 8.92. The Labute approximate surface area is 207 Å². The molecule has 1 N–H and O–H groups in total. The lowest BCUT2D eigenvalue weighted by atomic mass is 10.0. The molecule has 0 saturated heterocycles. The number of fused-ring (bicyclic) bond motifs is 2. The van der Waals surface area contributed by atoms with Crippen molar-refractivity contribution in [3.8, 4) is 6.19 Å². The molecule has 5 nitrogen and oxygen atoms in total. The number of guanidine groups is 1. The van der Waals surface area contributed by atoms with E-state index < -0.39 is 0 Å². The molecule has 35 heavy (non-hydrogen) atoms. The average Bonchev–Trinajstić information content (AvgIpc) is 3.01. The summed E-state index contributed by atoms with van der Waals surface area (Å²) in [6.07, 6.45) is 7.21. The largest absolute Gasteiger partial charge is 0.336 e.